The van der Waals surface area contributed by atoms with Crippen molar-refractivity contribution in [2.24, 2.45) is 0 Å². The number of hydrogen-bond acceptors (Lipinski definition) is 5. The molecule has 0 radical (unpaired) electrons. The van der Waals surface area contributed by atoms with Gasteiger partial charge in [-0.3, -0.25) is 13.9 Å². The van der Waals surface area contributed by atoms with Crippen molar-refractivity contribution in [3.05, 3.63) is 59.1 Å². The van der Waals surface area contributed by atoms with Crippen LogP contribution >= 0.6 is 11.6 Å². The van der Waals surface area contributed by atoms with Crippen molar-refractivity contribution in [2.45, 2.75) is 57.7 Å². The molecule has 1 atom stereocenters. The minimum atomic E-state index is -3.81. The molecule has 1 aliphatic carbocycles. The van der Waals surface area contributed by atoms with Crippen LogP contribution < -0.4 is 14.4 Å². The Hall–Kier alpha value is -2.78. The van der Waals surface area contributed by atoms with Crippen molar-refractivity contribution in [1.29, 1.82) is 0 Å². The molecule has 2 aromatic rings. The highest BCUT2D eigenvalue weighted by Crippen LogP contribution is 2.23. The molecule has 1 N–H and O–H groups in total. The summed E-state index contributed by atoms with van der Waals surface area (Å²) in [5, 5.41) is 3.43. The van der Waals surface area contributed by atoms with Crippen LogP contribution in [0.3, 0.4) is 0 Å². The van der Waals surface area contributed by atoms with Crippen molar-refractivity contribution in [2.75, 3.05) is 24.2 Å². The summed E-state index contributed by atoms with van der Waals surface area (Å²) in [6.07, 6.45) is 6.15. The zero-order valence-corrected chi connectivity index (χ0v) is 22.5. The van der Waals surface area contributed by atoms with E-state index in [9.17, 15) is 18.0 Å². The first-order chi connectivity index (χ1) is 17.1. The molecule has 1 fully saturated rings. The third kappa shape index (κ3) is 7.61. The summed E-state index contributed by atoms with van der Waals surface area (Å²) >= 11 is 6.08. The van der Waals surface area contributed by atoms with Crippen LogP contribution in [0.5, 0.6) is 5.75 Å². The van der Waals surface area contributed by atoms with E-state index < -0.39 is 28.5 Å². The van der Waals surface area contributed by atoms with Crippen LogP contribution in [0.25, 0.3) is 0 Å². The Balaban J connectivity index is 1.88. The molecular formula is C26H34ClN3O5S. The minimum Gasteiger partial charge on any atom is -0.497 e. The molecule has 0 aromatic heterocycles. The second kappa shape index (κ2) is 12.5. The lowest BCUT2D eigenvalue weighted by atomic mass is 9.95. The molecule has 2 aromatic carbocycles. The molecular weight excluding hydrogens is 502 g/mol. The second-order valence-corrected chi connectivity index (χ2v) is 11.5. The molecule has 36 heavy (non-hydrogen) atoms. The highest BCUT2D eigenvalue weighted by molar-refractivity contribution is 7.92. The van der Waals surface area contributed by atoms with Gasteiger partial charge in [-0.05, 0) is 55.7 Å². The van der Waals surface area contributed by atoms with E-state index in [0.29, 0.717) is 10.8 Å². The molecule has 1 saturated carbocycles. The van der Waals surface area contributed by atoms with Crippen LogP contribution in [-0.2, 0) is 26.2 Å². The smallest absolute Gasteiger partial charge is 0.244 e. The summed E-state index contributed by atoms with van der Waals surface area (Å²) in [5.74, 6) is -0.141. The van der Waals surface area contributed by atoms with Gasteiger partial charge < -0.3 is 15.0 Å². The highest BCUT2D eigenvalue weighted by atomic mass is 35.5. The third-order valence-corrected chi connectivity index (χ3v) is 7.76. The van der Waals surface area contributed by atoms with E-state index in [4.69, 9.17) is 16.3 Å². The van der Waals surface area contributed by atoms with Crippen molar-refractivity contribution in [3.63, 3.8) is 0 Å². The van der Waals surface area contributed by atoms with Crippen molar-refractivity contribution in [3.8, 4) is 5.75 Å². The predicted molar refractivity (Wildman–Crippen MR) is 142 cm³/mol. The lowest BCUT2D eigenvalue weighted by Gasteiger charge is -2.33. The number of nitrogens with one attached hydrogen (secondary N) is 1. The maximum atomic E-state index is 13.6. The molecule has 8 nitrogen and oxygen atoms in total. The lowest BCUT2D eigenvalue weighted by molar-refractivity contribution is -0.139. The molecule has 0 aliphatic heterocycles. The lowest BCUT2D eigenvalue weighted by Crippen LogP contribution is -2.52. The summed E-state index contributed by atoms with van der Waals surface area (Å²) in [6, 6.07) is 12.8. The average Bonchev–Trinajstić information content (AvgIpc) is 2.85. The van der Waals surface area contributed by atoms with Crippen molar-refractivity contribution in [1.82, 2.24) is 10.2 Å². The Labute approximate surface area is 218 Å². The zero-order chi connectivity index (χ0) is 26.3. The van der Waals surface area contributed by atoms with Gasteiger partial charge in [0.15, 0.2) is 0 Å². The number of sulfonamides is 1. The number of rotatable bonds is 10. The fourth-order valence-corrected chi connectivity index (χ4v) is 5.39. The molecule has 0 unspecified atom stereocenters. The van der Waals surface area contributed by atoms with Gasteiger partial charge in [0.25, 0.3) is 0 Å². The van der Waals surface area contributed by atoms with E-state index in [1.807, 2.05) is 6.07 Å². The Morgan fingerprint density at radius 1 is 1.11 bits per heavy atom. The Morgan fingerprint density at radius 2 is 1.81 bits per heavy atom. The van der Waals surface area contributed by atoms with Gasteiger partial charge in [-0.25, -0.2) is 8.42 Å². The molecule has 1 aliphatic rings. The van der Waals surface area contributed by atoms with Crippen molar-refractivity contribution >= 4 is 39.1 Å². The first kappa shape index (κ1) is 27.8. The molecule has 196 valence electrons. The van der Waals surface area contributed by atoms with Gasteiger partial charge in [0.2, 0.25) is 21.8 Å². The van der Waals surface area contributed by atoms with E-state index >= 15 is 0 Å². The number of anilines is 1. The zero-order valence-electron chi connectivity index (χ0n) is 20.9. The second-order valence-electron chi connectivity index (χ2n) is 9.14. The summed E-state index contributed by atoms with van der Waals surface area (Å²) in [5.41, 5.74) is 1.03. The normalized spacial score (nSPS) is 15.1. The summed E-state index contributed by atoms with van der Waals surface area (Å²) in [6.45, 7) is 1.31. The summed E-state index contributed by atoms with van der Waals surface area (Å²) < 4.78 is 31.6. The number of amides is 2. The highest BCUT2D eigenvalue weighted by Gasteiger charge is 2.31. The van der Waals surface area contributed by atoms with E-state index in [2.05, 4.69) is 5.32 Å². The van der Waals surface area contributed by atoms with Gasteiger partial charge in [0.05, 0.1) is 19.1 Å². The SMILES string of the molecule is COc1cccc(CN(C(=O)CN(c2cccc(Cl)c2)S(C)(=O)=O)[C@H](C)C(=O)NC2CCCCC2)c1. The van der Waals surface area contributed by atoms with Crippen LogP contribution in [0.1, 0.15) is 44.6 Å². The standard InChI is InChI=1S/C26H34ClN3O5S/c1-19(26(32)28-22-11-5-4-6-12-22)29(17-20-9-7-14-24(15-20)35-2)25(31)18-30(36(3,33)34)23-13-8-10-21(27)16-23/h7-10,13-16,19,22H,4-6,11-12,17-18H2,1-3H3,(H,28,32)/t19-/m1/s1. The molecule has 0 heterocycles. The van der Waals surface area contributed by atoms with Crippen LogP contribution in [0.2, 0.25) is 5.02 Å². The van der Waals surface area contributed by atoms with E-state index in [0.717, 1.165) is 48.2 Å². The van der Waals surface area contributed by atoms with Crippen molar-refractivity contribution < 1.29 is 22.7 Å². The van der Waals surface area contributed by atoms with E-state index in [1.165, 1.54) is 11.0 Å². The van der Waals surface area contributed by atoms with Gasteiger partial charge in [-0.1, -0.05) is 49.1 Å². The van der Waals surface area contributed by atoms with E-state index in [-0.39, 0.29) is 24.2 Å². The molecule has 0 saturated heterocycles. The third-order valence-electron chi connectivity index (χ3n) is 6.38. The van der Waals surface area contributed by atoms with Gasteiger partial charge >= 0.3 is 0 Å². The number of ether oxygens (including phenoxy) is 1. The summed E-state index contributed by atoms with van der Waals surface area (Å²) in [7, 11) is -2.26. The Morgan fingerprint density at radius 3 is 2.44 bits per heavy atom. The van der Waals surface area contributed by atoms with Gasteiger partial charge in [0, 0.05) is 17.6 Å². The maximum absolute atomic E-state index is 13.6. The fourth-order valence-electron chi connectivity index (χ4n) is 4.36. The van der Waals surface area contributed by atoms with Gasteiger partial charge in [-0.2, -0.15) is 0 Å². The number of carbonyl (C=O) groups is 2. The van der Waals surface area contributed by atoms with Crippen LogP contribution in [0.15, 0.2) is 48.5 Å². The first-order valence-electron chi connectivity index (χ1n) is 12.0. The first-order valence-corrected chi connectivity index (χ1v) is 14.3. The molecule has 10 heteroatoms. The monoisotopic (exact) mass is 535 g/mol. The summed E-state index contributed by atoms with van der Waals surface area (Å²) in [4.78, 5) is 28.2. The number of hydrogen-bond donors (Lipinski definition) is 1. The topological polar surface area (TPSA) is 96.0 Å². The quantitative estimate of drug-likeness (QED) is 0.496. The number of methoxy groups -OCH3 is 1. The molecule has 2 amide bonds. The van der Waals surface area contributed by atoms with Gasteiger partial charge in [0.1, 0.15) is 18.3 Å². The Bertz CT molecular complexity index is 1170. The number of nitrogens with zero attached hydrogens (tertiary/aromatic N) is 2. The minimum absolute atomic E-state index is 0.0847. The largest absolute Gasteiger partial charge is 0.497 e. The fraction of sp³-hybridized carbons (Fsp3) is 0.462. The average molecular weight is 536 g/mol. The maximum Gasteiger partial charge on any atom is 0.244 e. The van der Waals surface area contributed by atoms with Gasteiger partial charge in [-0.15, -0.1) is 0 Å². The number of benzene rings is 2. The van der Waals surface area contributed by atoms with E-state index in [1.54, 1.807) is 50.4 Å². The Kier molecular flexibility index (Phi) is 9.62. The van der Waals surface area contributed by atoms with Crippen LogP contribution in [0, 0.1) is 0 Å². The number of carbonyl (C=O) groups excluding carboxylic acids is 2. The predicted octanol–water partition coefficient (Wildman–Crippen LogP) is 3.98. The van der Waals surface area contributed by atoms with Crippen LogP contribution in [-0.4, -0.2) is 57.1 Å². The number of halogens is 1. The molecule has 3 rings (SSSR count). The van der Waals surface area contributed by atoms with Crippen LogP contribution in [0.4, 0.5) is 5.69 Å². The molecule has 0 spiro atoms. The molecule has 0 bridgehead atoms.